The van der Waals surface area contributed by atoms with Crippen molar-refractivity contribution in [2.45, 2.75) is 63.9 Å². The number of hydrogen-bond acceptors (Lipinski definition) is 4. The standard InChI is InChI=1S/C26H34N2O3S/c1-19-8-4-5-9-22(19)17-32-18-25(29)28(16-21-12-14-24(31-3)15-13-21)20(2)26(30)27-23-10-6-7-11-23/h4-5,8-9,12-15,20,23H,6-7,10-11,16-18H2,1-3H3,(H,27,30). The van der Waals surface area contributed by atoms with Gasteiger partial charge >= 0.3 is 0 Å². The van der Waals surface area contributed by atoms with E-state index in [0.717, 1.165) is 42.7 Å². The molecule has 0 bridgehead atoms. The summed E-state index contributed by atoms with van der Waals surface area (Å²) in [6.45, 7) is 4.31. The first-order chi connectivity index (χ1) is 15.5. The number of nitrogens with one attached hydrogen (secondary N) is 1. The van der Waals surface area contributed by atoms with Crippen LogP contribution >= 0.6 is 11.8 Å². The summed E-state index contributed by atoms with van der Waals surface area (Å²) in [5.41, 5.74) is 3.44. The molecule has 2 aromatic rings. The number of benzene rings is 2. The van der Waals surface area contributed by atoms with Crippen LogP contribution in [0, 0.1) is 6.92 Å². The van der Waals surface area contributed by atoms with Crippen molar-refractivity contribution in [3.63, 3.8) is 0 Å². The maximum atomic E-state index is 13.2. The quantitative estimate of drug-likeness (QED) is 0.565. The number of ether oxygens (including phenoxy) is 1. The second-order valence-electron chi connectivity index (χ2n) is 8.45. The Labute approximate surface area is 195 Å². The minimum Gasteiger partial charge on any atom is -0.497 e. The van der Waals surface area contributed by atoms with Crippen LogP contribution in [0.4, 0.5) is 0 Å². The number of rotatable bonds is 10. The van der Waals surface area contributed by atoms with E-state index in [9.17, 15) is 9.59 Å². The first-order valence-electron chi connectivity index (χ1n) is 11.3. The highest BCUT2D eigenvalue weighted by atomic mass is 32.2. The average Bonchev–Trinajstić information content (AvgIpc) is 3.31. The first-order valence-corrected chi connectivity index (χ1v) is 12.5. The SMILES string of the molecule is COc1ccc(CN(C(=O)CSCc2ccccc2C)C(C)C(=O)NC2CCCC2)cc1. The number of carbonyl (C=O) groups excluding carboxylic acids is 2. The lowest BCUT2D eigenvalue weighted by Crippen LogP contribution is -2.50. The van der Waals surface area contributed by atoms with Crippen molar-refractivity contribution in [3.05, 3.63) is 65.2 Å². The molecule has 32 heavy (non-hydrogen) atoms. The molecule has 1 N–H and O–H groups in total. The van der Waals surface area contributed by atoms with E-state index in [0.29, 0.717) is 12.3 Å². The lowest BCUT2D eigenvalue weighted by molar-refractivity contribution is -0.138. The molecule has 0 aromatic heterocycles. The van der Waals surface area contributed by atoms with Gasteiger partial charge in [0.2, 0.25) is 11.8 Å². The molecular formula is C26H34N2O3S. The van der Waals surface area contributed by atoms with E-state index in [2.05, 4.69) is 24.4 Å². The van der Waals surface area contributed by atoms with E-state index in [-0.39, 0.29) is 17.9 Å². The van der Waals surface area contributed by atoms with Crippen molar-refractivity contribution in [1.82, 2.24) is 10.2 Å². The molecule has 1 fully saturated rings. The molecule has 0 radical (unpaired) electrons. The Morgan fingerprint density at radius 2 is 1.81 bits per heavy atom. The summed E-state index contributed by atoms with van der Waals surface area (Å²) in [6, 6.07) is 15.6. The van der Waals surface area contributed by atoms with Crippen molar-refractivity contribution in [2.75, 3.05) is 12.9 Å². The van der Waals surface area contributed by atoms with Gasteiger partial charge in [-0.25, -0.2) is 0 Å². The van der Waals surface area contributed by atoms with Crippen molar-refractivity contribution >= 4 is 23.6 Å². The smallest absolute Gasteiger partial charge is 0.242 e. The molecule has 1 saturated carbocycles. The van der Waals surface area contributed by atoms with Gasteiger partial charge in [0.05, 0.1) is 12.9 Å². The Hall–Kier alpha value is -2.47. The highest BCUT2D eigenvalue weighted by molar-refractivity contribution is 7.99. The van der Waals surface area contributed by atoms with Gasteiger partial charge < -0.3 is 15.0 Å². The monoisotopic (exact) mass is 454 g/mol. The predicted molar refractivity (Wildman–Crippen MR) is 131 cm³/mol. The molecule has 1 aliphatic rings. The average molecular weight is 455 g/mol. The van der Waals surface area contributed by atoms with Crippen LogP contribution in [0.25, 0.3) is 0 Å². The molecule has 1 atom stereocenters. The van der Waals surface area contributed by atoms with Gasteiger partial charge in [-0.2, -0.15) is 0 Å². The topological polar surface area (TPSA) is 58.6 Å². The highest BCUT2D eigenvalue weighted by Crippen LogP contribution is 2.21. The van der Waals surface area contributed by atoms with E-state index in [1.54, 1.807) is 23.8 Å². The lowest BCUT2D eigenvalue weighted by Gasteiger charge is -2.29. The highest BCUT2D eigenvalue weighted by Gasteiger charge is 2.28. The second-order valence-corrected chi connectivity index (χ2v) is 9.44. The molecule has 1 aliphatic carbocycles. The number of methoxy groups -OCH3 is 1. The molecule has 5 nitrogen and oxygen atoms in total. The van der Waals surface area contributed by atoms with Gasteiger partial charge in [-0.15, -0.1) is 11.8 Å². The molecule has 6 heteroatoms. The Morgan fingerprint density at radius 3 is 2.47 bits per heavy atom. The molecule has 2 aromatic carbocycles. The fourth-order valence-electron chi connectivity index (χ4n) is 4.01. The fraction of sp³-hybridized carbons (Fsp3) is 0.462. The maximum absolute atomic E-state index is 13.2. The summed E-state index contributed by atoms with van der Waals surface area (Å²) in [4.78, 5) is 27.9. The number of thioether (sulfide) groups is 1. The molecule has 0 heterocycles. The van der Waals surface area contributed by atoms with E-state index in [1.807, 2.05) is 43.3 Å². The van der Waals surface area contributed by atoms with E-state index in [1.165, 1.54) is 11.1 Å². The normalized spacial score (nSPS) is 14.7. The van der Waals surface area contributed by atoms with Crippen LogP contribution in [0.5, 0.6) is 5.75 Å². The molecule has 0 saturated heterocycles. The minimum atomic E-state index is -0.524. The first kappa shape index (κ1) is 24.2. The van der Waals surface area contributed by atoms with Gasteiger partial charge in [0.25, 0.3) is 0 Å². The third-order valence-electron chi connectivity index (χ3n) is 6.13. The van der Waals surface area contributed by atoms with E-state index in [4.69, 9.17) is 4.74 Å². The summed E-state index contributed by atoms with van der Waals surface area (Å²) in [7, 11) is 1.63. The van der Waals surface area contributed by atoms with Gasteiger partial charge in [0.15, 0.2) is 0 Å². The number of amides is 2. The van der Waals surface area contributed by atoms with Crippen LogP contribution in [0.15, 0.2) is 48.5 Å². The largest absolute Gasteiger partial charge is 0.497 e. The van der Waals surface area contributed by atoms with Crippen LogP contribution in [0.1, 0.15) is 49.3 Å². The van der Waals surface area contributed by atoms with Gasteiger partial charge in [-0.05, 0) is 55.5 Å². The summed E-state index contributed by atoms with van der Waals surface area (Å²) in [6.07, 6.45) is 4.36. The van der Waals surface area contributed by atoms with E-state index < -0.39 is 6.04 Å². The van der Waals surface area contributed by atoms with Crippen LogP contribution < -0.4 is 10.1 Å². The predicted octanol–water partition coefficient (Wildman–Crippen LogP) is 4.71. The van der Waals surface area contributed by atoms with E-state index >= 15 is 0 Å². The number of aryl methyl sites for hydroxylation is 1. The summed E-state index contributed by atoms with van der Waals surface area (Å²) < 4.78 is 5.24. The second kappa shape index (κ2) is 12.0. The lowest BCUT2D eigenvalue weighted by atomic mass is 10.1. The van der Waals surface area contributed by atoms with Crippen LogP contribution in [-0.4, -0.2) is 41.7 Å². The fourth-order valence-corrected chi connectivity index (χ4v) is 4.99. The minimum absolute atomic E-state index is 0.0199. The number of nitrogens with zero attached hydrogens (tertiary/aromatic N) is 1. The number of carbonyl (C=O) groups is 2. The zero-order valence-corrected chi connectivity index (χ0v) is 20.1. The molecule has 0 aliphatic heterocycles. The number of hydrogen-bond donors (Lipinski definition) is 1. The van der Waals surface area contributed by atoms with Crippen LogP contribution in [-0.2, 0) is 21.9 Å². The van der Waals surface area contributed by atoms with Gasteiger partial charge in [0, 0.05) is 18.3 Å². The zero-order valence-electron chi connectivity index (χ0n) is 19.3. The molecule has 3 rings (SSSR count). The maximum Gasteiger partial charge on any atom is 0.242 e. The van der Waals surface area contributed by atoms with Gasteiger partial charge in [0.1, 0.15) is 11.8 Å². The van der Waals surface area contributed by atoms with Crippen molar-refractivity contribution in [3.8, 4) is 5.75 Å². The van der Waals surface area contributed by atoms with Crippen LogP contribution in [0.3, 0.4) is 0 Å². The Kier molecular flexibility index (Phi) is 9.03. The van der Waals surface area contributed by atoms with Crippen molar-refractivity contribution in [1.29, 1.82) is 0 Å². The third kappa shape index (κ3) is 6.76. The Morgan fingerprint density at radius 1 is 1.12 bits per heavy atom. The summed E-state index contributed by atoms with van der Waals surface area (Å²) in [5.74, 6) is 1.80. The Bertz CT molecular complexity index is 894. The van der Waals surface area contributed by atoms with Gasteiger partial charge in [-0.3, -0.25) is 9.59 Å². The molecule has 1 unspecified atom stereocenters. The summed E-state index contributed by atoms with van der Waals surface area (Å²) in [5, 5.41) is 3.15. The summed E-state index contributed by atoms with van der Waals surface area (Å²) >= 11 is 1.59. The third-order valence-corrected chi connectivity index (χ3v) is 7.09. The molecule has 2 amide bonds. The van der Waals surface area contributed by atoms with Crippen molar-refractivity contribution < 1.29 is 14.3 Å². The van der Waals surface area contributed by atoms with Crippen LogP contribution in [0.2, 0.25) is 0 Å². The van der Waals surface area contributed by atoms with Gasteiger partial charge in [-0.1, -0.05) is 49.2 Å². The molecular weight excluding hydrogens is 420 g/mol. The Balaban J connectivity index is 1.66. The zero-order chi connectivity index (χ0) is 22.9. The van der Waals surface area contributed by atoms with Crippen molar-refractivity contribution in [2.24, 2.45) is 0 Å². The molecule has 172 valence electrons. The molecule has 0 spiro atoms.